The summed E-state index contributed by atoms with van der Waals surface area (Å²) in [7, 11) is 0. The van der Waals surface area contributed by atoms with E-state index in [1.54, 1.807) is 30.0 Å². The molecule has 18 heavy (non-hydrogen) atoms. The van der Waals surface area contributed by atoms with Crippen molar-refractivity contribution in [2.45, 2.75) is 6.92 Å². The van der Waals surface area contributed by atoms with E-state index in [0.29, 0.717) is 17.9 Å². The third-order valence-electron chi connectivity index (χ3n) is 2.00. The van der Waals surface area contributed by atoms with E-state index in [-0.39, 0.29) is 0 Å². The summed E-state index contributed by atoms with van der Waals surface area (Å²) in [5.41, 5.74) is 0.811. The maximum atomic E-state index is 11.4. The maximum absolute atomic E-state index is 11.4. The Morgan fingerprint density at radius 3 is 2.89 bits per heavy atom. The van der Waals surface area contributed by atoms with Crippen LogP contribution in [0.15, 0.2) is 24.3 Å². The zero-order valence-corrected chi connectivity index (χ0v) is 11.5. The predicted octanol–water partition coefficient (Wildman–Crippen LogP) is 3.37. The second kappa shape index (κ2) is 8.00. The summed E-state index contributed by atoms with van der Waals surface area (Å²) in [6, 6.07) is 6.37. The van der Waals surface area contributed by atoms with E-state index in [1.807, 2.05) is 6.92 Å². The van der Waals surface area contributed by atoms with Crippen LogP contribution in [0.1, 0.15) is 17.3 Å². The van der Waals surface area contributed by atoms with E-state index >= 15 is 0 Å². The molecule has 0 unspecified atom stereocenters. The number of anilines is 1. The van der Waals surface area contributed by atoms with Crippen LogP contribution in [0.3, 0.4) is 0 Å². The number of hydrogen-bond acceptors (Lipinski definition) is 4. The van der Waals surface area contributed by atoms with E-state index in [0.717, 1.165) is 11.5 Å². The van der Waals surface area contributed by atoms with Crippen LogP contribution in [-0.4, -0.2) is 29.4 Å². The summed E-state index contributed by atoms with van der Waals surface area (Å²) in [6.07, 6.45) is -0.536. The van der Waals surface area contributed by atoms with Gasteiger partial charge in [-0.05, 0) is 35.6 Å². The summed E-state index contributed by atoms with van der Waals surface area (Å²) in [6.45, 7) is 2.40. The van der Waals surface area contributed by atoms with Gasteiger partial charge in [-0.3, -0.25) is 10.1 Å². The average Bonchev–Trinajstić information content (AvgIpc) is 2.35. The van der Waals surface area contributed by atoms with Crippen molar-refractivity contribution in [3.8, 4) is 0 Å². The van der Waals surface area contributed by atoms with Crippen molar-refractivity contribution in [1.82, 2.24) is 0 Å². The maximum Gasteiger partial charge on any atom is 0.411 e. The van der Waals surface area contributed by atoms with Gasteiger partial charge in [-0.2, -0.15) is 11.8 Å². The molecule has 0 aliphatic rings. The van der Waals surface area contributed by atoms with Crippen molar-refractivity contribution in [2.75, 3.05) is 23.4 Å². The molecule has 0 fully saturated rings. The molecule has 0 aromatic heterocycles. The number of halogens is 1. The zero-order valence-electron chi connectivity index (χ0n) is 9.94. The number of rotatable bonds is 6. The van der Waals surface area contributed by atoms with Gasteiger partial charge in [0, 0.05) is 17.0 Å². The highest BCUT2D eigenvalue weighted by Gasteiger charge is 2.06. The fourth-order valence-electron chi connectivity index (χ4n) is 1.21. The van der Waals surface area contributed by atoms with Crippen molar-refractivity contribution in [3.05, 3.63) is 29.8 Å². The minimum atomic E-state index is -0.564. The van der Waals surface area contributed by atoms with Crippen LogP contribution < -0.4 is 5.32 Å². The van der Waals surface area contributed by atoms with Gasteiger partial charge in [-0.1, -0.05) is 13.0 Å². The molecular formula is C12H14ClNO3S. The van der Waals surface area contributed by atoms with Gasteiger partial charge in [-0.25, -0.2) is 4.79 Å². The molecule has 0 bridgehead atoms. The predicted molar refractivity (Wildman–Crippen MR) is 74.6 cm³/mol. The molecular weight excluding hydrogens is 274 g/mol. The van der Waals surface area contributed by atoms with Gasteiger partial charge in [0.25, 0.3) is 5.24 Å². The molecule has 4 nitrogen and oxygen atoms in total. The average molecular weight is 288 g/mol. The first kappa shape index (κ1) is 14.9. The highest BCUT2D eigenvalue weighted by atomic mass is 35.5. The second-order valence-electron chi connectivity index (χ2n) is 3.31. The van der Waals surface area contributed by atoms with E-state index < -0.39 is 11.3 Å². The number of carbonyl (C=O) groups is 2. The molecule has 1 amide bonds. The highest BCUT2D eigenvalue weighted by molar-refractivity contribution is 7.99. The number of benzene rings is 1. The van der Waals surface area contributed by atoms with Crippen molar-refractivity contribution >= 4 is 40.4 Å². The number of nitrogens with one attached hydrogen (secondary N) is 1. The summed E-state index contributed by atoms with van der Waals surface area (Å²) in [4.78, 5) is 22.3. The lowest BCUT2D eigenvalue weighted by molar-refractivity contribution is 0.108. The summed E-state index contributed by atoms with van der Waals surface area (Å²) in [5, 5.41) is 1.97. The Morgan fingerprint density at radius 1 is 1.44 bits per heavy atom. The molecule has 98 valence electrons. The van der Waals surface area contributed by atoms with E-state index in [4.69, 9.17) is 16.3 Å². The van der Waals surface area contributed by atoms with E-state index in [2.05, 4.69) is 5.32 Å². The molecule has 1 aromatic carbocycles. The van der Waals surface area contributed by atoms with Crippen molar-refractivity contribution in [1.29, 1.82) is 0 Å². The van der Waals surface area contributed by atoms with E-state index in [1.165, 1.54) is 6.07 Å². The first-order valence-corrected chi connectivity index (χ1v) is 6.98. The Kier molecular flexibility index (Phi) is 6.60. The van der Waals surface area contributed by atoms with E-state index in [9.17, 15) is 9.59 Å². The van der Waals surface area contributed by atoms with Crippen LogP contribution in [0, 0.1) is 0 Å². The first-order valence-electron chi connectivity index (χ1n) is 5.45. The first-order chi connectivity index (χ1) is 8.63. The molecule has 0 atom stereocenters. The third kappa shape index (κ3) is 5.42. The molecule has 1 aromatic rings. The van der Waals surface area contributed by atoms with Crippen molar-refractivity contribution in [3.63, 3.8) is 0 Å². The lowest BCUT2D eigenvalue weighted by Gasteiger charge is -2.07. The molecule has 0 aliphatic carbocycles. The number of carbonyl (C=O) groups excluding carboxylic acids is 2. The zero-order chi connectivity index (χ0) is 13.4. The Hall–Kier alpha value is -1.20. The number of hydrogen-bond donors (Lipinski definition) is 1. The molecule has 0 aliphatic heterocycles. The van der Waals surface area contributed by atoms with Crippen LogP contribution in [0.2, 0.25) is 0 Å². The van der Waals surface area contributed by atoms with Gasteiger partial charge < -0.3 is 4.74 Å². The Morgan fingerprint density at radius 2 is 2.22 bits per heavy atom. The van der Waals surface area contributed by atoms with Crippen LogP contribution in [0.4, 0.5) is 10.5 Å². The number of amides is 1. The summed E-state index contributed by atoms with van der Waals surface area (Å²) >= 11 is 7.04. The normalized spacial score (nSPS) is 9.89. The lowest BCUT2D eigenvalue weighted by atomic mass is 10.2. The molecule has 0 saturated heterocycles. The number of thioether (sulfide) groups is 1. The van der Waals surface area contributed by atoms with Gasteiger partial charge in [0.15, 0.2) is 0 Å². The molecule has 0 spiro atoms. The van der Waals surface area contributed by atoms with Crippen LogP contribution in [-0.2, 0) is 4.74 Å². The Bertz CT molecular complexity index is 426. The summed E-state index contributed by atoms with van der Waals surface area (Å²) < 4.78 is 4.96. The Balaban J connectivity index is 2.44. The highest BCUT2D eigenvalue weighted by Crippen LogP contribution is 2.12. The van der Waals surface area contributed by atoms with Gasteiger partial charge in [0.05, 0.1) is 0 Å². The summed E-state index contributed by atoms with van der Waals surface area (Å²) in [5.74, 6) is 1.76. The van der Waals surface area contributed by atoms with Crippen LogP contribution in [0.5, 0.6) is 0 Å². The monoisotopic (exact) mass is 287 g/mol. The second-order valence-corrected chi connectivity index (χ2v) is 5.05. The number of ether oxygens (including phenoxy) is 1. The fourth-order valence-corrected chi connectivity index (χ4v) is 1.82. The Labute approximate surface area is 115 Å². The molecule has 1 rings (SSSR count). The topological polar surface area (TPSA) is 55.4 Å². The van der Waals surface area contributed by atoms with Crippen molar-refractivity contribution < 1.29 is 14.3 Å². The minimum absolute atomic E-state index is 0.330. The smallest absolute Gasteiger partial charge is 0.411 e. The lowest BCUT2D eigenvalue weighted by Crippen LogP contribution is -2.15. The minimum Gasteiger partial charge on any atom is -0.448 e. The fraction of sp³-hybridized carbons (Fsp3) is 0.333. The van der Waals surface area contributed by atoms with Crippen LogP contribution >= 0.6 is 23.4 Å². The third-order valence-corrected chi connectivity index (χ3v) is 3.08. The van der Waals surface area contributed by atoms with Crippen LogP contribution in [0.25, 0.3) is 0 Å². The largest absolute Gasteiger partial charge is 0.448 e. The van der Waals surface area contributed by atoms with Gasteiger partial charge >= 0.3 is 6.09 Å². The molecule has 6 heteroatoms. The molecule has 0 heterocycles. The SMILES string of the molecule is CCSCCOC(=O)Nc1cccc(C(=O)Cl)c1. The van der Waals surface area contributed by atoms with Gasteiger partial charge in [0.1, 0.15) is 6.61 Å². The standard InChI is InChI=1S/C12H14ClNO3S/c1-2-18-7-6-17-12(16)14-10-5-3-4-9(8-10)11(13)15/h3-5,8H,2,6-7H2,1H3,(H,14,16). The molecule has 1 N–H and O–H groups in total. The van der Waals surface area contributed by atoms with Crippen molar-refractivity contribution in [2.24, 2.45) is 0 Å². The quantitative estimate of drug-likeness (QED) is 0.644. The molecule has 0 saturated carbocycles. The molecule has 0 radical (unpaired) electrons. The van der Waals surface area contributed by atoms with Gasteiger partial charge in [0.2, 0.25) is 0 Å². The van der Waals surface area contributed by atoms with Gasteiger partial charge in [-0.15, -0.1) is 0 Å².